The van der Waals surface area contributed by atoms with Crippen LogP contribution in [0, 0.1) is 0 Å². The molecule has 0 fully saturated rings. The summed E-state index contributed by atoms with van der Waals surface area (Å²) in [6, 6.07) is 0. The van der Waals surface area contributed by atoms with Gasteiger partial charge in [0.25, 0.3) is 5.82 Å². The Kier molecular flexibility index (Phi) is 2.17. The van der Waals surface area contributed by atoms with Crippen LogP contribution in [-0.4, -0.2) is 32.8 Å². The van der Waals surface area contributed by atoms with Gasteiger partial charge < -0.3 is 10.8 Å². The maximum atomic E-state index is 10.2. The van der Waals surface area contributed by atoms with E-state index in [1.807, 2.05) is 0 Å². The first-order valence-corrected chi connectivity index (χ1v) is 3.08. The molecular weight excluding hydrogens is 148 g/mol. The topological polar surface area (TPSA) is 105 Å². The lowest BCUT2D eigenvalue weighted by atomic mass is 10.4. The smallest absolute Gasteiger partial charge is 0.375 e. The summed E-state index contributed by atoms with van der Waals surface area (Å²) in [5, 5.41) is 14.3. The Hall–Kier alpha value is -1.43. The van der Waals surface area contributed by atoms with E-state index in [-0.39, 0.29) is 5.82 Å². The van der Waals surface area contributed by atoms with Gasteiger partial charge in [0.15, 0.2) is 0 Å². The zero-order valence-electron chi connectivity index (χ0n) is 5.74. The number of rotatable bonds is 3. The molecule has 60 valence electrons. The molecule has 0 bridgehead atoms. The number of hydrogen-bond acceptors (Lipinski definition) is 4. The molecule has 0 radical (unpaired) electrons. The number of carbonyl (C=O) groups is 1. The normalized spacial score (nSPS) is 9.91. The highest BCUT2D eigenvalue weighted by Crippen LogP contribution is 1.91. The zero-order valence-corrected chi connectivity index (χ0v) is 5.74. The lowest BCUT2D eigenvalue weighted by Crippen LogP contribution is -2.04. The van der Waals surface area contributed by atoms with Gasteiger partial charge in [-0.3, -0.25) is 5.10 Å². The van der Waals surface area contributed by atoms with Crippen LogP contribution in [0.1, 0.15) is 16.4 Å². The highest BCUT2D eigenvalue weighted by Gasteiger charge is 2.08. The van der Waals surface area contributed by atoms with Gasteiger partial charge in [-0.25, -0.2) is 9.78 Å². The Bertz CT molecular complexity index is 257. The Morgan fingerprint density at radius 2 is 2.45 bits per heavy atom. The van der Waals surface area contributed by atoms with Crippen LogP contribution in [0.4, 0.5) is 0 Å². The van der Waals surface area contributed by atoms with Gasteiger partial charge in [0.2, 0.25) is 0 Å². The fraction of sp³-hybridized carbons (Fsp3) is 0.400. The number of hydrogen-bond donors (Lipinski definition) is 3. The van der Waals surface area contributed by atoms with Crippen molar-refractivity contribution in [3.05, 3.63) is 11.6 Å². The number of aromatic nitrogens is 3. The van der Waals surface area contributed by atoms with Crippen molar-refractivity contribution in [2.75, 3.05) is 6.54 Å². The average molecular weight is 156 g/mol. The van der Waals surface area contributed by atoms with Crippen LogP contribution in [0.15, 0.2) is 0 Å². The number of nitrogens with two attached hydrogens (primary N) is 1. The van der Waals surface area contributed by atoms with Crippen molar-refractivity contribution in [2.45, 2.75) is 6.42 Å². The highest BCUT2D eigenvalue weighted by atomic mass is 16.4. The second kappa shape index (κ2) is 3.11. The van der Waals surface area contributed by atoms with E-state index in [0.29, 0.717) is 18.8 Å². The maximum Gasteiger partial charge on any atom is 0.375 e. The van der Waals surface area contributed by atoms with E-state index in [1.54, 1.807) is 0 Å². The first kappa shape index (κ1) is 7.67. The Morgan fingerprint density at radius 3 is 2.91 bits per heavy atom. The summed E-state index contributed by atoms with van der Waals surface area (Å²) >= 11 is 0. The van der Waals surface area contributed by atoms with E-state index in [2.05, 4.69) is 15.2 Å². The molecule has 0 saturated heterocycles. The van der Waals surface area contributed by atoms with Crippen LogP contribution in [0.25, 0.3) is 0 Å². The van der Waals surface area contributed by atoms with E-state index < -0.39 is 5.97 Å². The molecule has 6 heteroatoms. The predicted molar refractivity (Wildman–Crippen MR) is 36.1 cm³/mol. The highest BCUT2D eigenvalue weighted by molar-refractivity contribution is 5.82. The zero-order chi connectivity index (χ0) is 8.27. The van der Waals surface area contributed by atoms with Gasteiger partial charge in [-0.1, -0.05) is 0 Å². The van der Waals surface area contributed by atoms with Crippen LogP contribution in [-0.2, 0) is 6.42 Å². The third kappa shape index (κ3) is 1.74. The first-order chi connectivity index (χ1) is 5.24. The molecule has 11 heavy (non-hydrogen) atoms. The van der Waals surface area contributed by atoms with Crippen molar-refractivity contribution in [1.29, 1.82) is 0 Å². The molecule has 1 aromatic rings. The standard InChI is InChI=1S/C5H8N4O2/c6-2-1-3-7-4(5(10)11)9-8-3/h1-2,6H2,(H,10,11)(H,7,8,9). The SMILES string of the molecule is NCCc1nc(C(=O)O)n[nH]1. The molecule has 0 aliphatic rings. The molecule has 0 spiro atoms. The van der Waals surface area contributed by atoms with Gasteiger partial charge in [0.05, 0.1) is 0 Å². The van der Waals surface area contributed by atoms with E-state index in [0.717, 1.165) is 0 Å². The summed E-state index contributed by atoms with van der Waals surface area (Å²) in [6.07, 6.45) is 0.514. The lowest BCUT2D eigenvalue weighted by molar-refractivity contribution is 0.0684. The number of H-pyrrole nitrogens is 1. The summed E-state index contributed by atoms with van der Waals surface area (Å²) in [4.78, 5) is 13.9. The minimum Gasteiger partial charge on any atom is -0.475 e. The van der Waals surface area contributed by atoms with E-state index in [9.17, 15) is 4.79 Å². The fourth-order valence-electron chi connectivity index (χ4n) is 0.639. The van der Waals surface area contributed by atoms with Crippen molar-refractivity contribution >= 4 is 5.97 Å². The number of aromatic carboxylic acids is 1. The van der Waals surface area contributed by atoms with Crippen molar-refractivity contribution in [2.24, 2.45) is 5.73 Å². The van der Waals surface area contributed by atoms with Gasteiger partial charge in [-0.2, -0.15) is 0 Å². The Balaban J connectivity index is 2.73. The van der Waals surface area contributed by atoms with Gasteiger partial charge in [-0.15, -0.1) is 5.10 Å². The number of nitrogens with zero attached hydrogens (tertiary/aromatic N) is 2. The van der Waals surface area contributed by atoms with Crippen LogP contribution in [0.5, 0.6) is 0 Å². The Morgan fingerprint density at radius 1 is 1.73 bits per heavy atom. The molecule has 0 aromatic carbocycles. The molecule has 1 heterocycles. The third-order valence-electron chi connectivity index (χ3n) is 1.10. The summed E-state index contributed by atoms with van der Waals surface area (Å²) in [7, 11) is 0. The van der Waals surface area contributed by atoms with Crippen LogP contribution in [0.3, 0.4) is 0 Å². The molecule has 0 unspecified atom stereocenters. The summed E-state index contributed by atoms with van der Waals surface area (Å²) < 4.78 is 0. The van der Waals surface area contributed by atoms with E-state index in [4.69, 9.17) is 10.8 Å². The average Bonchev–Trinajstić information content (AvgIpc) is 2.37. The van der Waals surface area contributed by atoms with Gasteiger partial charge in [-0.05, 0) is 6.54 Å². The fourth-order valence-corrected chi connectivity index (χ4v) is 0.639. The molecular formula is C5H8N4O2. The molecule has 0 saturated carbocycles. The lowest BCUT2D eigenvalue weighted by Gasteiger charge is -1.85. The van der Waals surface area contributed by atoms with Gasteiger partial charge in [0.1, 0.15) is 5.82 Å². The molecule has 4 N–H and O–H groups in total. The molecule has 0 aliphatic heterocycles. The molecule has 1 aromatic heterocycles. The van der Waals surface area contributed by atoms with Gasteiger partial charge in [0, 0.05) is 6.42 Å². The largest absolute Gasteiger partial charge is 0.475 e. The van der Waals surface area contributed by atoms with Crippen LogP contribution in [0.2, 0.25) is 0 Å². The van der Waals surface area contributed by atoms with Crippen molar-refractivity contribution in [3.63, 3.8) is 0 Å². The number of nitrogens with one attached hydrogen (secondary N) is 1. The van der Waals surface area contributed by atoms with E-state index in [1.165, 1.54) is 0 Å². The summed E-state index contributed by atoms with van der Waals surface area (Å²) in [5.74, 6) is -0.845. The molecule has 0 aliphatic carbocycles. The van der Waals surface area contributed by atoms with Crippen LogP contribution < -0.4 is 5.73 Å². The van der Waals surface area contributed by atoms with Crippen molar-refractivity contribution < 1.29 is 9.90 Å². The van der Waals surface area contributed by atoms with E-state index >= 15 is 0 Å². The number of aromatic amines is 1. The maximum absolute atomic E-state index is 10.2. The van der Waals surface area contributed by atoms with Gasteiger partial charge >= 0.3 is 5.97 Å². The first-order valence-electron chi connectivity index (χ1n) is 3.08. The quantitative estimate of drug-likeness (QED) is 0.520. The third-order valence-corrected chi connectivity index (χ3v) is 1.10. The monoisotopic (exact) mass is 156 g/mol. The molecule has 6 nitrogen and oxygen atoms in total. The minimum atomic E-state index is -1.13. The van der Waals surface area contributed by atoms with Crippen LogP contribution >= 0.6 is 0 Å². The predicted octanol–water partition coefficient (Wildman–Crippen LogP) is -0.996. The number of carboxylic acid groups (broad SMARTS) is 1. The van der Waals surface area contributed by atoms with Crippen molar-refractivity contribution in [3.8, 4) is 0 Å². The minimum absolute atomic E-state index is 0.214. The molecule has 0 amide bonds. The number of carboxylic acids is 1. The van der Waals surface area contributed by atoms with Crippen molar-refractivity contribution in [1.82, 2.24) is 15.2 Å². The molecule has 0 atom stereocenters. The molecule has 1 rings (SSSR count). The summed E-state index contributed by atoms with van der Waals surface area (Å²) in [5.41, 5.74) is 5.21. The summed E-state index contributed by atoms with van der Waals surface area (Å²) in [6.45, 7) is 0.425. The second-order valence-corrected chi connectivity index (χ2v) is 1.95. The Labute approximate surface area is 62.4 Å². The second-order valence-electron chi connectivity index (χ2n) is 1.95.